The third-order valence-corrected chi connectivity index (χ3v) is 1.90. The second kappa shape index (κ2) is 3.34. The Bertz CT molecular complexity index is 492. The second-order valence-electron chi connectivity index (χ2n) is 2.85. The zero-order chi connectivity index (χ0) is 11.1. The zero-order valence-corrected chi connectivity index (χ0v) is 7.92. The first kappa shape index (κ1) is 10.2. The van der Waals surface area contributed by atoms with Gasteiger partial charge in [-0.25, -0.2) is 4.98 Å². The van der Waals surface area contributed by atoms with Gasteiger partial charge >= 0.3 is 6.18 Å². The fourth-order valence-corrected chi connectivity index (χ4v) is 1.26. The van der Waals surface area contributed by atoms with Crippen LogP contribution in [0.25, 0.3) is 5.65 Å². The van der Waals surface area contributed by atoms with Crippen LogP contribution in [0.4, 0.5) is 13.2 Å². The molecule has 0 fully saturated rings. The molecule has 0 aliphatic heterocycles. The fourth-order valence-electron chi connectivity index (χ4n) is 1.12. The minimum absolute atomic E-state index is 0.161. The predicted molar refractivity (Wildman–Crippen MR) is 45.6 cm³/mol. The molecule has 8 heteroatoms. The van der Waals surface area contributed by atoms with Crippen molar-refractivity contribution in [2.45, 2.75) is 12.6 Å². The van der Waals surface area contributed by atoms with Crippen LogP contribution in [0, 0.1) is 0 Å². The molecule has 0 unspecified atom stereocenters. The number of hydrogen-bond acceptors (Lipinski definition) is 3. The van der Waals surface area contributed by atoms with Crippen LogP contribution in [0.1, 0.15) is 5.82 Å². The molecule has 0 saturated heterocycles. The van der Waals surface area contributed by atoms with E-state index in [1.165, 1.54) is 12.4 Å². The van der Waals surface area contributed by atoms with E-state index in [1.807, 2.05) is 0 Å². The number of nitrogens with zero attached hydrogens (tertiary/aromatic N) is 4. The number of aromatic nitrogens is 4. The van der Waals surface area contributed by atoms with Gasteiger partial charge in [0, 0.05) is 6.07 Å². The Kier molecular flexibility index (Phi) is 2.26. The average molecular weight is 237 g/mol. The number of hydrogen-bond donors (Lipinski definition) is 0. The summed E-state index contributed by atoms with van der Waals surface area (Å²) in [6.07, 6.45) is -4.29. The van der Waals surface area contributed by atoms with E-state index in [0.717, 1.165) is 4.40 Å². The van der Waals surface area contributed by atoms with Crippen LogP contribution >= 0.6 is 11.6 Å². The summed E-state index contributed by atoms with van der Waals surface area (Å²) < 4.78 is 37.4. The van der Waals surface area contributed by atoms with E-state index >= 15 is 0 Å². The summed E-state index contributed by atoms with van der Waals surface area (Å²) in [7, 11) is 0. The molecule has 80 valence electrons. The molecule has 0 aliphatic carbocycles. The molecule has 2 aromatic rings. The lowest BCUT2D eigenvalue weighted by molar-refractivity contribution is -0.128. The van der Waals surface area contributed by atoms with Crippen molar-refractivity contribution in [2.24, 2.45) is 0 Å². The smallest absolute Gasteiger partial charge is 0.269 e. The number of alkyl halides is 3. The Morgan fingerprint density at radius 1 is 1.33 bits per heavy atom. The van der Waals surface area contributed by atoms with E-state index in [2.05, 4.69) is 15.2 Å². The van der Waals surface area contributed by atoms with Crippen molar-refractivity contribution in [3.8, 4) is 0 Å². The summed E-state index contributed by atoms with van der Waals surface area (Å²) in [6, 6.07) is 1.34. The Morgan fingerprint density at radius 2 is 2.07 bits per heavy atom. The standard InChI is InChI=1S/C7H4ClF3N4/c8-4-1-5-13-14-6(2-7(9,10)11)15(5)3-12-4/h1,3H,2H2. The summed E-state index contributed by atoms with van der Waals surface area (Å²) in [5.41, 5.74) is 0.245. The summed E-state index contributed by atoms with van der Waals surface area (Å²) in [5, 5.41) is 7.13. The van der Waals surface area contributed by atoms with Crippen molar-refractivity contribution in [1.82, 2.24) is 19.6 Å². The minimum atomic E-state index is -4.32. The average Bonchev–Trinajstić information content (AvgIpc) is 2.45. The molecule has 0 aromatic carbocycles. The van der Waals surface area contributed by atoms with E-state index in [1.54, 1.807) is 0 Å². The lowest BCUT2D eigenvalue weighted by Gasteiger charge is -2.03. The van der Waals surface area contributed by atoms with Gasteiger partial charge in [-0.15, -0.1) is 10.2 Å². The molecular formula is C7H4ClF3N4. The van der Waals surface area contributed by atoms with Gasteiger partial charge in [0.05, 0.1) is 0 Å². The molecule has 0 N–H and O–H groups in total. The van der Waals surface area contributed by atoms with Crippen LogP contribution < -0.4 is 0 Å². The van der Waals surface area contributed by atoms with Crippen molar-refractivity contribution in [3.63, 3.8) is 0 Å². The highest BCUT2D eigenvalue weighted by Gasteiger charge is 2.30. The molecule has 0 saturated carbocycles. The van der Waals surface area contributed by atoms with Crippen molar-refractivity contribution >= 4 is 17.2 Å². The van der Waals surface area contributed by atoms with Crippen LogP contribution in [0.15, 0.2) is 12.4 Å². The molecule has 15 heavy (non-hydrogen) atoms. The number of halogens is 4. The van der Waals surface area contributed by atoms with E-state index in [9.17, 15) is 13.2 Å². The summed E-state index contributed by atoms with van der Waals surface area (Å²) >= 11 is 5.55. The Balaban J connectivity index is 2.45. The molecular weight excluding hydrogens is 233 g/mol. The van der Waals surface area contributed by atoms with Crippen molar-refractivity contribution in [2.75, 3.05) is 0 Å². The van der Waals surface area contributed by atoms with E-state index in [4.69, 9.17) is 11.6 Å². The van der Waals surface area contributed by atoms with E-state index < -0.39 is 12.6 Å². The lowest BCUT2D eigenvalue weighted by atomic mass is 10.4. The van der Waals surface area contributed by atoms with E-state index in [-0.39, 0.29) is 16.6 Å². The third kappa shape index (κ3) is 2.17. The van der Waals surface area contributed by atoms with Gasteiger partial charge in [0.15, 0.2) is 5.65 Å². The largest absolute Gasteiger partial charge is 0.396 e. The third-order valence-electron chi connectivity index (χ3n) is 1.70. The Hall–Kier alpha value is -1.37. The fraction of sp³-hybridized carbons (Fsp3) is 0.286. The maximum Gasteiger partial charge on any atom is 0.396 e. The van der Waals surface area contributed by atoms with Gasteiger partial charge in [-0.2, -0.15) is 13.2 Å². The molecule has 2 rings (SSSR count). The molecule has 0 amide bonds. The van der Waals surface area contributed by atoms with Crippen LogP contribution in [0.3, 0.4) is 0 Å². The van der Waals surface area contributed by atoms with Gasteiger partial charge in [-0.05, 0) is 0 Å². The second-order valence-corrected chi connectivity index (χ2v) is 3.24. The summed E-state index contributed by atoms with van der Waals surface area (Å²) in [5.74, 6) is -0.207. The molecule has 0 radical (unpaired) electrons. The maximum absolute atomic E-state index is 12.1. The van der Waals surface area contributed by atoms with Crippen LogP contribution in [-0.2, 0) is 6.42 Å². The van der Waals surface area contributed by atoms with Gasteiger partial charge in [-0.1, -0.05) is 11.6 Å². The van der Waals surface area contributed by atoms with Crippen LogP contribution in [0.2, 0.25) is 5.15 Å². The minimum Gasteiger partial charge on any atom is -0.269 e. The monoisotopic (exact) mass is 236 g/mol. The first-order chi connectivity index (χ1) is 6.96. The van der Waals surface area contributed by atoms with Crippen molar-refractivity contribution < 1.29 is 13.2 Å². The van der Waals surface area contributed by atoms with Gasteiger partial charge in [0.1, 0.15) is 23.7 Å². The molecule has 4 nitrogen and oxygen atoms in total. The van der Waals surface area contributed by atoms with Crippen molar-refractivity contribution in [1.29, 1.82) is 0 Å². The summed E-state index contributed by atoms with van der Waals surface area (Å²) in [4.78, 5) is 3.65. The molecule has 0 atom stereocenters. The van der Waals surface area contributed by atoms with Gasteiger partial charge in [-0.3, -0.25) is 4.40 Å². The number of rotatable bonds is 1. The quantitative estimate of drug-likeness (QED) is 0.710. The van der Waals surface area contributed by atoms with Crippen molar-refractivity contribution in [3.05, 3.63) is 23.4 Å². The van der Waals surface area contributed by atoms with Gasteiger partial charge in [0.2, 0.25) is 0 Å². The van der Waals surface area contributed by atoms with Gasteiger partial charge < -0.3 is 0 Å². The van der Waals surface area contributed by atoms with Crippen LogP contribution in [-0.4, -0.2) is 25.8 Å². The predicted octanol–water partition coefficient (Wildman–Crippen LogP) is 1.88. The first-order valence-electron chi connectivity index (χ1n) is 3.87. The highest BCUT2D eigenvalue weighted by Crippen LogP contribution is 2.20. The molecule has 2 heterocycles. The summed E-state index contributed by atoms with van der Waals surface area (Å²) in [6.45, 7) is 0. The normalized spacial score (nSPS) is 12.3. The first-order valence-corrected chi connectivity index (χ1v) is 4.25. The van der Waals surface area contributed by atoms with E-state index in [0.29, 0.717) is 0 Å². The highest BCUT2D eigenvalue weighted by atomic mass is 35.5. The zero-order valence-electron chi connectivity index (χ0n) is 7.16. The molecule has 2 aromatic heterocycles. The van der Waals surface area contributed by atoms with Crippen LogP contribution in [0.5, 0.6) is 0 Å². The lowest BCUT2D eigenvalue weighted by Crippen LogP contribution is -2.14. The SMILES string of the molecule is FC(F)(F)Cc1nnc2cc(Cl)ncn12. The molecule has 0 aliphatic rings. The topological polar surface area (TPSA) is 43.1 Å². The number of fused-ring (bicyclic) bond motifs is 1. The van der Waals surface area contributed by atoms with Gasteiger partial charge in [0.25, 0.3) is 0 Å². The highest BCUT2D eigenvalue weighted by molar-refractivity contribution is 6.29. The molecule has 0 bridgehead atoms. The maximum atomic E-state index is 12.1. The Morgan fingerprint density at radius 3 is 2.73 bits per heavy atom. The molecule has 0 spiro atoms. The Labute approximate surface area is 86.7 Å².